The molecule has 188 valence electrons. The molecule has 0 unspecified atom stereocenters. The van der Waals surface area contributed by atoms with Crippen LogP contribution in [0.25, 0.3) is 22.5 Å². The molecule has 0 bridgehead atoms. The minimum absolute atomic E-state index is 0.460. The van der Waals surface area contributed by atoms with Crippen molar-refractivity contribution in [2.24, 2.45) is 5.73 Å². The molecule has 2 aromatic carbocycles. The van der Waals surface area contributed by atoms with Gasteiger partial charge in [0.1, 0.15) is 12.4 Å². The van der Waals surface area contributed by atoms with Crippen LogP contribution in [0.1, 0.15) is 21.5 Å². The van der Waals surface area contributed by atoms with Crippen molar-refractivity contribution in [3.05, 3.63) is 82.9 Å². The maximum absolute atomic E-state index is 12.5. The zero-order chi connectivity index (χ0) is 25.4. The number of nitrogens with two attached hydrogens (primary N) is 1. The Morgan fingerprint density at radius 3 is 2.76 bits per heavy atom. The van der Waals surface area contributed by atoms with E-state index in [0.29, 0.717) is 41.6 Å². The van der Waals surface area contributed by atoms with E-state index in [1.54, 1.807) is 18.6 Å². The SMILES string of the molecule is NC(=O)c1cc(-c2ccc(OCCn3ccnc3)c(Cl)c2)nc2c1Cc1cc(N3CCOCC3)ccc1-2. The molecule has 1 amide bonds. The van der Waals surface area contributed by atoms with Crippen molar-refractivity contribution in [1.29, 1.82) is 0 Å². The van der Waals surface area contributed by atoms with Gasteiger partial charge in [0.25, 0.3) is 0 Å². The zero-order valence-electron chi connectivity index (χ0n) is 20.2. The largest absolute Gasteiger partial charge is 0.490 e. The first-order valence-electron chi connectivity index (χ1n) is 12.2. The van der Waals surface area contributed by atoms with Crippen molar-refractivity contribution < 1.29 is 14.3 Å². The summed E-state index contributed by atoms with van der Waals surface area (Å²) >= 11 is 6.55. The predicted octanol–water partition coefficient (Wildman–Crippen LogP) is 4.18. The number of aromatic nitrogens is 3. The molecule has 1 fully saturated rings. The molecule has 3 heterocycles. The lowest BCUT2D eigenvalue weighted by atomic mass is 10.0. The number of benzene rings is 2. The van der Waals surface area contributed by atoms with E-state index in [-0.39, 0.29) is 0 Å². The lowest BCUT2D eigenvalue weighted by Gasteiger charge is -2.29. The van der Waals surface area contributed by atoms with Gasteiger partial charge in [-0.1, -0.05) is 17.7 Å². The van der Waals surface area contributed by atoms with Gasteiger partial charge in [-0.3, -0.25) is 4.79 Å². The predicted molar refractivity (Wildman–Crippen MR) is 142 cm³/mol. The molecule has 2 aromatic heterocycles. The van der Waals surface area contributed by atoms with Crippen LogP contribution in [0.15, 0.2) is 61.2 Å². The number of rotatable bonds is 7. The minimum atomic E-state index is -0.466. The molecule has 4 aromatic rings. The van der Waals surface area contributed by atoms with Gasteiger partial charge < -0.3 is 24.7 Å². The number of carbonyl (C=O) groups is 1. The van der Waals surface area contributed by atoms with E-state index in [2.05, 4.69) is 28.1 Å². The number of hydrogen-bond acceptors (Lipinski definition) is 6. The van der Waals surface area contributed by atoms with Gasteiger partial charge >= 0.3 is 0 Å². The average Bonchev–Trinajstić information content (AvgIpc) is 3.57. The summed E-state index contributed by atoms with van der Waals surface area (Å²) in [5, 5.41) is 0.474. The first kappa shape index (κ1) is 23.5. The second kappa shape index (κ2) is 9.88. The van der Waals surface area contributed by atoms with Gasteiger partial charge in [0, 0.05) is 54.3 Å². The molecule has 9 heteroatoms. The molecule has 0 spiro atoms. The van der Waals surface area contributed by atoms with E-state index in [1.807, 2.05) is 29.0 Å². The number of hydrogen-bond donors (Lipinski definition) is 1. The third-order valence-electron chi connectivity index (χ3n) is 6.87. The summed E-state index contributed by atoms with van der Waals surface area (Å²) in [6, 6.07) is 13.7. The number of pyridine rings is 1. The van der Waals surface area contributed by atoms with Crippen molar-refractivity contribution in [2.45, 2.75) is 13.0 Å². The molecule has 37 heavy (non-hydrogen) atoms. The number of nitrogens with zero attached hydrogens (tertiary/aromatic N) is 4. The lowest BCUT2D eigenvalue weighted by molar-refractivity contribution is 0.0999. The Balaban J connectivity index is 1.29. The van der Waals surface area contributed by atoms with Crippen LogP contribution in [0.2, 0.25) is 5.02 Å². The van der Waals surface area contributed by atoms with E-state index < -0.39 is 5.91 Å². The molecule has 2 aliphatic rings. The normalized spacial score (nSPS) is 14.4. The summed E-state index contributed by atoms with van der Waals surface area (Å²) in [5.74, 6) is 0.120. The number of ether oxygens (including phenoxy) is 2. The monoisotopic (exact) mass is 515 g/mol. The van der Waals surface area contributed by atoms with Gasteiger partial charge in [-0.05, 0) is 47.5 Å². The van der Waals surface area contributed by atoms with Crippen LogP contribution in [0.5, 0.6) is 5.75 Å². The summed E-state index contributed by atoms with van der Waals surface area (Å²) < 4.78 is 13.3. The maximum Gasteiger partial charge on any atom is 0.249 e. The molecule has 0 radical (unpaired) electrons. The molecular weight excluding hydrogens is 490 g/mol. The van der Waals surface area contributed by atoms with Crippen LogP contribution in [-0.2, 0) is 17.7 Å². The molecule has 0 saturated carbocycles. The number of morpholine rings is 1. The number of carbonyl (C=O) groups excluding carboxylic acids is 1. The van der Waals surface area contributed by atoms with Gasteiger partial charge in [-0.25, -0.2) is 9.97 Å². The number of halogens is 1. The van der Waals surface area contributed by atoms with Gasteiger partial charge in [0.15, 0.2) is 0 Å². The minimum Gasteiger partial charge on any atom is -0.490 e. The fourth-order valence-corrected chi connectivity index (χ4v) is 5.20. The van der Waals surface area contributed by atoms with Gasteiger partial charge in [0.2, 0.25) is 5.91 Å². The Hall–Kier alpha value is -3.88. The number of anilines is 1. The number of amides is 1. The summed E-state index contributed by atoms with van der Waals surface area (Å²) in [4.78, 5) is 23.8. The second-order valence-electron chi connectivity index (χ2n) is 9.16. The van der Waals surface area contributed by atoms with Crippen molar-refractivity contribution in [3.8, 4) is 28.3 Å². The van der Waals surface area contributed by atoms with Crippen molar-refractivity contribution in [1.82, 2.24) is 14.5 Å². The standard InChI is InChI=1S/C28H26ClN5O3/c29-24-15-18(1-4-26(24)37-12-7-33-6-5-31-17-33)25-16-23(28(30)35)22-14-19-13-20(34-8-10-36-11-9-34)2-3-21(19)27(22)32-25/h1-6,13,15-17H,7-12,14H2,(H2,30,35). The van der Waals surface area contributed by atoms with Gasteiger partial charge in [-0.15, -0.1) is 0 Å². The Morgan fingerprint density at radius 1 is 1.14 bits per heavy atom. The smallest absolute Gasteiger partial charge is 0.249 e. The van der Waals surface area contributed by atoms with Crippen LogP contribution in [0.4, 0.5) is 5.69 Å². The zero-order valence-corrected chi connectivity index (χ0v) is 20.9. The summed E-state index contributed by atoms with van der Waals surface area (Å²) in [5.41, 5.74) is 12.7. The Morgan fingerprint density at radius 2 is 2.00 bits per heavy atom. The highest BCUT2D eigenvalue weighted by atomic mass is 35.5. The molecule has 6 rings (SSSR count). The number of imidazole rings is 1. The summed E-state index contributed by atoms with van der Waals surface area (Å²) in [6.45, 7) is 4.31. The van der Waals surface area contributed by atoms with Crippen molar-refractivity contribution in [2.75, 3.05) is 37.8 Å². The van der Waals surface area contributed by atoms with E-state index in [0.717, 1.165) is 59.9 Å². The first-order valence-corrected chi connectivity index (χ1v) is 12.6. The van der Waals surface area contributed by atoms with Crippen molar-refractivity contribution >= 4 is 23.2 Å². The van der Waals surface area contributed by atoms with Crippen LogP contribution in [-0.4, -0.2) is 53.4 Å². The van der Waals surface area contributed by atoms with Crippen LogP contribution < -0.4 is 15.4 Å². The highest BCUT2D eigenvalue weighted by molar-refractivity contribution is 6.32. The maximum atomic E-state index is 12.5. The quantitative estimate of drug-likeness (QED) is 0.349. The Labute approximate surface area is 219 Å². The summed E-state index contributed by atoms with van der Waals surface area (Å²) in [7, 11) is 0. The molecule has 8 nitrogen and oxygen atoms in total. The van der Waals surface area contributed by atoms with Crippen molar-refractivity contribution in [3.63, 3.8) is 0 Å². The highest BCUT2D eigenvalue weighted by Crippen LogP contribution is 2.41. The van der Waals surface area contributed by atoms with E-state index >= 15 is 0 Å². The van der Waals surface area contributed by atoms with E-state index in [4.69, 9.17) is 31.8 Å². The third-order valence-corrected chi connectivity index (χ3v) is 7.17. The molecule has 1 aliphatic carbocycles. The fourth-order valence-electron chi connectivity index (χ4n) is 4.96. The number of primary amides is 1. The van der Waals surface area contributed by atoms with E-state index in [1.165, 1.54) is 0 Å². The topological polar surface area (TPSA) is 95.5 Å². The van der Waals surface area contributed by atoms with E-state index in [9.17, 15) is 4.79 Å². The Bertz CT molecular complexity index is 1470. The van der Waals surface area contributed by atoms with Crippen LogP contribution in [0, 0.1) is 0 Å². The molecule has 1 aliphatic heterocycles. The average molecular weight is 516 g/mol. The number of fused-ring (bicyclic) bond motifs is 3. The second-order valence-corrected chi connectivity index (χ2v) is 9.57. The van der Waals surface area contributed by atoms with Gasteiger partial charge in [0.05, 0.1) is 42.5 Å². The first-order chi connectivity index (χ1) is 18.1. The van der Waals surface area contributed by atoms with Gasteiger partial charge in [-0.2, -0.15) is 0 Å². The third kappa shape index (κ3) is 4.65. The molecule has 0 atom stereocenters. The van der Waals surface area contributed by atoms with Crippen LogP contribution in [0.3, 0.4) is 0 Å². The fraction of sp³-hybridized carbons (Fsp3) is 0.250. The lowest BCUT2D eigenvalue weighted by Crippen LogP contribution is -2.36. The highest BCUT2D eigenvalue weighted by Gasteiger charge is 2.27. The summed E-state index contributed by atoms with van der Waals surface area (Å²) in [6.07, 6.45) is 5.98. The molecule has 2 N–H and O–H groups in total. The molecule has 1 saturated heterocycles. The molecular formula is C28H26ClN5O3. The Kier molecular flexibility index (Phi) is 6.28. The van der Waals surface area contributed by atoms with Crippen LogP contribution >= 0.6 is 11.6 Å².